The highest BCUT2D eigenvalue weighted by molar-refractivity contribution is 7.99. The lowest BCUT2D eigenvalue weighted by molar-refractivity contribution is -0.140. The van der Waals surface area contributed by atoms with Crippen LogP contribution < -0.4 is 25.6 Å². The monoisotopic (exact) mass is 1460 g/mol. The summed E-state index contributed by atoms with van der Waals surface area (Å²) in [6, 6.07) is 29.0. The lowest BCUT2D eigenvalue weighted by Gasteiger charge is -2.39. The normalized spacial score (nSPS) is 18.6. The van der Waals surface area contributed by atoms with E-state index in [9.17, 15) is 58.8 Å². The molecule has 5 aliphatic rings. The van der Waals surface area contributed by atoms with Crippen molar-refractivity contribution in [3.8, 4) is 0 Å². The van der Waals surface area contributed by atoms with E-state index in [1.54, 1.807) is 29.2 Å². The number of benzene rings is 5. The molecule has 28 heteroatoms. The van der Waals surface area contributed by atoms with E-state index >= 15 is 0 Å². The van der Waals surface area contributed by atoms with E-state index in [1.807, 2.05) is 74.9 Å². The standard InChI is InChI=1S/C72H87ClF3N9O12S3/c1-69(2)29-27-56(48-15-19-51(73)20-16-48)50(44-69)46-82-35-37-83(38-36-82)53-21-17-49(18-22-53)65(88)80-100(94,95)55-23-24-58(61(43-55)99(92,93)72(74,75)76)78-52(47-98-54-11-8-7-9-12-54)28-32-81-33-39-84(40-34-81)63(87)45-71(5,6)96-41-30-70(3,4)97-42-31-77-59-14-10-13-57-64(59)68(91)85(67(57)90)60-25-26-62(86)79-66(60)89/h7-24,43,52,60,77-78H,25-42,44-47H2,1-6H3,(H,80,88)(H,79,86,89)/t52-,60?/m1/s1. The summed E-state index contributed by atoms with van der Waals surface area (Å²) in [5.41, 5.74) is -2.15. The average molecular weight is 1460 g/mol. The fraction of sp³-hybridized carbons (Fsp3) is 0.472. The van der Waals surface area contributed by atoms with Gasteiger partial charge >= 0.3 is 5.51 Å². The Morgan fingerprint density at radius 3 is 2.12 bits per heavy atom. The van der Waals surface area contributed by atoms with E-state index in [4.69, 9.17) is 21.1 Å². The van der Waals surface area contributed by atoms with Gasteiger partial charge in [-0.1, -0.05) is 67.4 Å². The van der Waals surface area contributed by atoms with Gasteiger partial charge in [0.15, 0.2) is 0 Å². The lowest BCUT2D eigenvalue weighted by atomic mass is 9.73. The molecule has 0 bridgehead atoms. The number of allylic oxidation sites excluding steroid dienone is 1. The highest BCUT2D eigenvalue weighted by Gasteiger charge is 2.49. The number of fused-ring (bicyclic) bond motifs is 1. The van der Waals surface area contributed by atoms with Crippen LogP contribution in [-0.2, 0) is 43.7 Å². The number of imide groups is 2. The number of piperidine rings is 1. The Labute approximate surface area is 592 Å². The molecule has 6 amide bonds. The largest absolute Gasteiger partial charge is 0.501 e. The molecule has 3 saturated heterocycles. The molecule has 21 nitrogen and oxygen atoms in total. The van der Waals surface area contributed by atoms with Crippen molar-refractivity contribution in [2.24, 2.45) is 5.41 Å². The molecule has 4 heterocycles. The minimum atomic E-state index is -6.18. The number of ether oxygens (including phenoxy) is 2. The molecule has 4 N–H and O–H groups in total. The van der Waals surface area contributed by atoms with Crippen molar-refractivity contribution in [1.29, 1.82) is 0 Å². The van der Waals surface area contributed by atoms with Crippen molar-refractivity contribution in [3.63, 3.8) is 0 Å². The Morgan fingerprint density at radius 1 is 0.760 bits per heavy atom. The van der Waals surface area contributed by atoms with Gasteiger partial charge in [0.05, 0.1) is 52.5 Å². The number of piperazine rings is 2. The van der Waals surface area contributed by atoms with Crippen LogP contribution in [0.2, 0.25) is 5.02 Å². The molecular weight excluding hydrogens is 1370 g/mol. The zero-order valence-electron chi connectivity index (χ0n) is 57.1. The van der Waals surface area contributed by atoms with Crippen LogP contribution in [0.15, 0.2) is 136 Å². The van der Waals surface area contributed by atoms with Gasteiger partial charge in [0.2, 0.25) is 17.7 Å². The van der Waals surface area contributed by atoms with Gasteiger partial charge in [0.1, 0.15) is 10.9 Å². The summed E-state index contributed by atoms with van der Waals surface area (Å²) in [5.74, 6) is -3.30. The number of hydrogen-bond acceptors (Lipinski definition) is 18. The van der Waals surface area contributed by atoms with E-state index in [-0.39, 0.29) is 72.8 Å². The van der Waals surface area contributed by atoms with Crippen LogP contribution in [0.3, 0.4) is 0 Å². The number of sulfone groups is 1. The van der Waals surface area contributed by atoms with Gasteiger partial charge in [-0.3, -0.25) is 48.8 Å². The molecule has 0 radical (unpaired) electrons. The first-order valence-electron chi connectivity index (χ1n) is 33.6. The number of thioether (sulfide) groups is 1. The molecule has 100 heavy (non-hydrogen) atoms. The first kappa shape index (κ1) is 75.3. The van der Waals surface area contributed by atoms with E-state index in [0.29, 0.717) is 75.4 Å². The van der Waals surface area contributed by atoms with Gasteiger partial charge in [0, 0.05) is 117 Å². The third-order valence-electron chi connectivity index (χ3n) is 19.0. The second-order valence-electron chi connectivity index (χ2n) is 28.0. The number of carbonyl (C=O) groups excluding carboxylic acids is 6. The summed E-state index contributed by atoms with van der Waals surface area (Å²) < 4.78 is 113. The molecule has 1 aliphatic carbocycles. The van der Waals surface area contributed by atoms with Gasteiger partial charge in [-0.05, 0) is 162 Å². The number of nitrogens with zero attached hydrogens (tertiary/aromatic N) is 5. The zero-order chi connectivity index (χ0) is 72.0. The maximum atomic E-state index is 14.6. The number of carbonyl (C=O) groups is 6. The molecule has 4 aliphatic heterocycles. The van der Waals surface area contributed by atoms with E-state index in [2.05, 4.69) is 56.6 Å². The maximum absolute atomic E-state index is 14.6. The molecule has 5 aromatic rings. The van der Waals surface area contributed by atoms with Gasteiger partial charge in [0.25, 0.3) is 37.6 Å². The van der Waals surface area contributed by atoms with Gasteiger partial charge in [-0.25, -0.2) is 21.6 Å². The van der Waals surface area contributed by atoms with Gasteiger partial charge in [-0.2, -0.15) is 13.2 Å². The summed E-state index contributed by atoms with van der Waals surface area (Å²) >= 11 is 7.61. The number of halogens is 4. The van der Waals surface area contributed by atoms with Crippen LogP contribution >= 0.6 is 23.4 Å². The van der Waals surface area contributed by atoms with E-state index < -0.39 is 93.7 Å². The highest BCUT2D eigenvalue weighted by Crippen LogP contribution is 2.44. The first-order chi connectivity index (χ1) is 47.2. The van der Waals surface area contributed by atoms with Crippen molar-refractivity contribution in [3.05, 3.63) is 148 Å². The van der Waals surface area contributed by atoms with Crippen molar-refractivity contribution >= 4 is 101 Å². The van der Waals surface area contributed by atoms with Crippen LogP contribution in [0.1, 0.15) is 130 Å². The number of nitrogens with one attached hydrogen (secondary N) is 4. The number of anilines is 3. The molecule has 3 fully saturated rings. The molecule has 10 rings (SSSR count). The summed E-state index contributed by atoms with van der Waals surface area (Å²) in [6.45, 7) is 18.8. The van der Waals surface area contributed by atoms with Crippen LogP contribution in [0, 0.1) is 5.41 Å². The SMILES string of the molecule is CC1(C)CCC(c2ccc(Cl)cc2)=C(CN2CCN(c3ccc(C(=O)NS(=O)(=O)c4ccc(N[C@H](CCN5CCN(C(=O)CC(C)(C)OCCC(C)(C)OCCNc6cccc7c6C(=O)N(C6CCC(=O)NC6=O)C7=O)CC5)CSc5ccccc5)c(S(=O)(=O)C(F)(F)F)c4)cc3)CC2)C1. The van der Waals surface area contributed by atoms with Crippen LogP contribution in [0.4, 0.5) is 30.2 Å². The van der Waals surface area contributed by atoms with Crippen molar-refractivity contribution < 1.29 is 68.2 Å². The van der Waals surface area contributed by atoms with Crippen molar-refractivity contribution in [2.45, 2.75) is 136 Å². The fourth-order valence-electron chi connectivity index (χ4n) is 13.2. The second kappa shape index (κ2) is 31.5. The quantitative estimate of drug-likeness (QED) is 0.0206. The number of hydrogen-bond donors (Lipinski definition) is 4. The van der Waals surface area contributed by atoms with Gasteiger partial charge < -0.3 is 29.9 Å². The summed E-state index contributed by atoms with van der Waals surface area (Å²) in [7, 11) is -11.1. The molecule has 0 spiro atoms. The maximum Gasteiger partial charge on any atom is 0.501 e. The molecule has 2 atom stereocenters. The molecule has 0 saturated carbocycles. The number of sulfonamides is 1. The van der Waals surface area contributed by atoms with Crippen LogP contribution in [-0.4, -0.2) is 192 Å². The second-order valence-corrected chi connectivity index (χ2v) is 33.1. The summed E-state index contributed by atoms with van der Waals surface area (Å²) in [6.07, 6.45) is 3.99. The van der Waals surface area contributed by atoms with Crippen molar-refractivity contribution in [2.75, 3.05) is 106 Å². The van der Waals surface area contributed by atoms with Crippen LogP contribution in [0.25, 0.3) is 5.57 Å². The predicted molar refractivity (Wildman–Crippen MR) is 379 cm³/mol. The third-order valence-corrected chi connectivity index (χ3v) is 23.2. The van der Waals surface area contributed by atoms with Gasteiger partial charge in [-0.15, -0.1) is 11.8 Å². The molecule has 1 unspecified atom stereocenters. The summed E-state index contributed by atoms with van der Waals surface area (Å²) in [4.78, 5) is 86.5. The van der Waals surface area contributed by atoms with E-state index in [1.165, 1.54) is 46.7 Å². The first-order valence-corrected chi connectivity index (χ1v) is 38.0. The fourth-order valence-corrected chi connectivity index (χ4v) is 16.4. The number of alkyl halides is 3. The molecule has 538 valence electrons. The van der Waals surface area contributed by atoms with Crippen LogP contribution in [0.5, 0.6) is 0 Å². The smallest absolute Gasteiger partial charge is 0.382 e. The Bertz CT molecular complexity index is 4110. The minimum Gasteiger partial charge on any atom is -0.382 e. The average Bonchev–Trinajstić information content (AvgIpc) is 1.48. The molecular formula is C72H87ClF3N9O12S3. The molecule has 5 aromatic carbocycles. The third kappa shape index (κ3) is 18.8. The van der Waals surface area contributed by atoms with E-state index in [0.717, 1.165) is 66.5 Å². The molecule has 0 aromatic heterocycles. The Kier molecular flexibility index (Phi) is 23.7. The lowest BCUT2D eigenvalue weighted by Crippen LogP contribution is -2.54. The number of rotatable bonds is 28. The van der Waals surface area contributed by atoms with Crippen molar-refractivity contribution in [1.82, 2.24) is 29.6 Å². The summed E-state index contributed by atoms with van der Waals surface area (Å²) in [5, 5.41) is 9.09. The topological polar surface area (TPSA) is 253 Å². The zero-order valence-corrected chi connectivity index (χ0v) is 60.3. The number of amides is 6. The highest BCUT2D eigenvalue weighted by atomic mass is 35.5. The Hall–Kier alpha value is -7.37. The minimum absolute atomic E-state index is 0.00980. The Morgan fingerprint density at radius 2 is 1.44 bits per heavy atom. The Balaban J connectivity index is 0.699. The predicted octanol–water partition coefficient (Wildman–Crippen LogP) is 10.5.